The summed E-state index contributed by atoms with van der Waals surface area (Å²) in [5, 5.41) is 9.68. The Bertz CT molecular complexity index is 498. The van der Waals surface area contributed by atoms with Crippen LogP contribution < -0.4 is 4.72 Å². The van der Waals surface area contributed by atoms with Crippen molar-refractivity contribution in [1.29, 1.82) is 0 Å². The Hall–Kier alpha value is -0.660. The average Bonchev–Trinajstić information content (AvgIpc) is 2.49. The first-order chi connectivity index (χ1) is 10.8. The van der Waals surface area contributed by atoms with Crippen LogP contribution in [0.15, 0.2) is 0 Å². The number of piperidine rings is 1. The van der Waals surface area contributed by atoms with Gasteiger partial charge in [-0.3, -0.25) is 4.79 Å². The molecule has 6 nitrogen and oxygen atoms in total. The van der Waals surface area contributed by atoms with Crippen molar-refractivity contribution in [2.75, 3.05) is 18.8 Å². The van der Waals surface area contributed by atoms with Crippen LogP contribution in [0.1, 0.15) is 52.4 Å². The number of hydrogen-bond acceptors (Lipinski definition) is 4. The van der Waals surface area contributed by atoms with E-state index < -0.39 is 21.9 Å². The quantitative estimate of drug-likeness (QED) is 0.780. The van der Waals surface area contributed by atoms with Crippen molar-refractivity contribution in [2.45, 2.75) is 64.5 Å². The lowest BCUT2D eigenvalue weighted by Gasteiger charge is -2.34. The molecule has 2 atom stereocenters. The summed E-state index contributed by atoms with van der Waals surface area (Å²) in [6.07, 6.45) is 4.99. The lowest BCUT2D eigenvalue weighted by atomic mass is 9.88. The van der Waals surface area contributed by atoms with Gasteiger partial charge in [0.25, 0.3) is 0 Å². The van der Waals surface area contributed by atoms with Gasteiger partial charge in [0.1, 0.15) is 5.75 Å². The standard InChI is InChI=1S/C16H30N2O4S/c1-12-5-7-15(8-6-12)17-23(21,22)11-16(20)18-9-3-4-14(10-18)13(2)19/h12-15,17,19H,3-11H2,1-2H3. The topological polar surface area (TPSA) is 86.7 Å². The molecule has 2 unspecified atom stereocenters. The van der Waals surface area contributed by atoms with Gasteiger partial charge in [0.2, 0.25) is 15.9 Å². The number of nitrogens with one attached hydrogen (secondary N) is 1. The number of hydrogen-bond donors (Lipinski definition) is 2. The van der Waals surface area contributed by atoms with E-state index in [0.29, 0.717) is 19.0 Å². The van der Waals surface area contributed by atoms with Gasteiger partial charge < -0.3 is 10.0 Å². The van der Waals surface area contributed by atoms with E-state index in [1.54, 1.807) is 11.8 Å². The zero-order valence-corrected chi connectivity index (χ0v) is 15.0. The van der Waals surface area contributed by atoms with Gasteiger partial charge in [-0.2, -0.15) is 0 Å². The summed E-state index contributed by atoms with van der Waals surface area (Å²) in [4.78, 5) is 13.9. The zero-order chi connectivity index (χ0) is 17.0. The maximum atomic E-state index is 12.3. The summed E-state index contributed by atoms with van der Waals surface area (Å²) in [6, 6.07) is -0.0319. The van der Waals surface area contributed by atoms with Crippen LogP contribution in [0.25, 0.3) is 0 Å². The van der Waals surface area contributed by atoms with Crippen LogP contribution >= 0.6 is 0 Å². The summed E-state index contributed by atoms with van der Waals surface area (Å²) in [5.41, 5.74) is 0. The minimum Gasteiger partial charge on any atom is -0.393 e. The van der Waals surface area contributed by atoms with Gasteiger partial charge in [0, 0.05) is 25.0 Å². The maximum absolute atomic E-state index is 12.3. The minimum atomic E-state index is -3.59. The minimum absolute atomic E-state index is 0.0319. The molecule has 1 amide bonds. The zero-order valence-electron chi connectivity index (χ0n) is 14.2. The van der Waals surface area contributed by atoms with E-state index in [-0.39, 0.29) is 17.9 Å². The first-order valence-corrected chi connectivity index (χ1v) is 10.4. The molecule has 2 fully saturated rings. The predicted octanol–water partition coefficient (Wildman–Crippen LogP) is 1.10. The molecule has 7 heteroatoms. The molecule has 0 radical (unpaired) electrons. The Kier molecular flexibility index (Phi) is 6.45. The van der Waals surface area contributed by atoms with Crippen LogP contribution in [0.2, 0.25) is 0 Å². The van der Waals surface area contributed by atoms with Gasteiger partial charge in [-0.05, 0) is 51.4 Å². The molecule has 1 heterocycles. The lowest BCUT2D eigenvalue weighted by molar-refractivity contribution is -0.131. The molecule has 0 bridgehead atoms. The van der Waals surface area contributed by atoms with Crippen LogP contribution in [0.4, 0.5) is 0 Å². The predicted molar refractivity (Wildman–Crippen MR) is 89.3 cm³/mol. The van der Waals surface area contributed by atoms with Crippen LogP contribution in [0.5, 0.6) is 0 Å². The number of rotatable bonds is 5. The number of amides is 1. The highest BCUT2D eigenvalue weighted by atomic mass is 32.2. The smallest absolute Gasteiger partial charge is 0.239 e. The van der Waals surface area contributed by atoms with E-state index in [9.17, 15) is 18.3 Å². The molecule has 0 aromatic heterocycles. The molecule has 0 aromatic rings. The monoisotopic (exact) mass is 346 g/mol. The molecule has 2 N–H and O–H groups in total. The Morgan fingerprint density at radius 2 is 1.91 bits per heavy atom. The fourth-order valence-corrected chi connectivity index (χ4v) is 4.89. The first kappa shape index (κ1) is 18.7. The first-order valence-electron chi connectivity index (χ1n) is 8.72. The van der Waals surface area contributed by atoms with E-state index in [2.05, 4.69) is 11.6 Å². The Labute approximate surface area is 139 Å². The number of nitrogens with zero attached hydrogens (tertiary/aromatic N) is 1. The molecule has 1 saturated carbocycles. The van der Waals surface area contributed by atoms with Gasteiger partial charge in [-0.1, -0.05) is 6.92 Å². The van der Waals surface area contributed by atoms with E-state index in [0.717, 1.165) is 38.5 Å². The second kappa shape index (κ2) is 7.94. The van der Waals surface area contributed by atoms with Crippen molar-refractivity contribution in [3.8, 4) is 0 Å². The van der Waals surface area contributed by atoms with Crippen molar-refractivity contribution in [2.24, 2.45) is 11.8 Å². The van der Waals surface area contributed by atoms with E-state index in [4.69, 9.17) is 0 Å². The maximum Gasteiger partial charge on any atom is 0.239 e. The molecular weight excluding hydrogens is 316 g/mol. The number of carbonyl (C=O) groups is 1. The SMILES string of the molecule is CC1CCC(NS(=O)(=O)CC(=O)N2CCCC(C(C)O)C2)CC1. The van der Waals surface area contributed by atoms with Gasteiger partial charge in [-0.25, -0.2) is 13.1 Å². The summed E-state index contributed by atoms with van der Waals surface area (Å²) in [7, 11) is -3.59. The molecular formula is C16H30N2O4S. The lowest BCUT2D eigenvalue weighted by Crippen LogP contribution is -2.47. The second-order valence-electron chi connectivity index (χ2n) is 7.32. The van der Waals surface area contributed by atoms with Gasteiger partial charge in [-0.15, -0.1) is 0 Å². The highest BCUT2D eigenvalue weighted by Gasteiger charge is 2.30. The normalized spacial score (nSPS) is 30.9. The highest BCUT2D eigenvalue weighted by molar-refractivity contribution is 7.90. The number of aliphatic hydroxyl groups excluding tert-OH is 1. The van der Waals surface area contributed by atoms with Gasteiger partial charge in [0.05, 0.1) is 6.10 Å². The van der Waals surface area contributed by atoms with Crippen molar-refractivity contribution in [3.63, 3.8) is 0 Å². The summed E-state index contributed by atoms with van der Waals surface area (Å²) < 4.78 is 27.2. The van der Waals surface area contributed by atoms with Crippen molar-refractivity contribution in [3.05, 3.63) is 0 Å². The van der Waals surface area contributed by atoms with Crippen LogP contribution in [-0.4, -0.2) is 55.3 Å². The summed E-state index contributed by atoms with van der Waals surface area (Å²) >= 11 is 0. The largest absolute Gasteiger partial charge is 0.393 e. The highest BCUT2D eigenvalue weighted by Crippen LogP contribution is 2.24. The van der Waals surface area contributed by atoms with E-state index in [1.165, 1.54) is 0 Å². The molecule has 0 aromatic carbocycles. The second-order valence-corrected chi connectivity index (χ2v) is 9.07. The Morgan fingerprint density at radius 3 is 2.52 bits per heavy atom. The molecule has 23 heavy (non-hydrogen) atoms. The molecule has 1 aliphatic carbocycles. The average molecular weight is 346 g/mol. The van der Waals surface area contributed by atoms with Gasteiger partial charge >= 0.3 is 0 Å². The molecule has 0 spiro atoms. The van der Waals surface area contributed by atoms with Crippen molar-refractivity contribution >= 4 is 15.9 Å². The van der Waals surface area contributed by atoms with Crippen LogP contribution in [-0.2, 0) is 14.8 Å². The van der Waals surface area contributed by atoms with Crippen LogP contribution in [0, 0.1) is 11.8 Å². The number of sulfonamides is 1. The molecule has 2 aliphatic rings. The van der Waals surface area contributed by atoms with Gasteiger partial charge in [0.15, 0.2) is 0 Å². The third-order valence-corrected chi connectivity index (χ3v) is 6.49. The molecule has 134 valence electrons. The summed E-state index contributed by atoms with van der Waals surface area (Å²) in [5.74, 6) is -0.135. The van der Waals surface area contributed by atoms with Crippen molar-refractivity contribution < 1.29 is 18.3 Å². The third-order valence-electron chi connectivity index (χ3n) is 5.17. The van der Waals surface area contributed by atoms with E-state index >= 15 is 0 Å². The van der Waals surface area contributed by atoms with E-state index in [1.807, 2.05) is 0 Å². The number of likely N-dealkylation sites (tertiary alicyclic amines) is 1. The fraction of sp³-hybridized carbons (Fsp3) is 0.938. The fourth-order valence-electron chi connectivity index (χ4n) is 3.56. The number of aliphatic hydroxyl groups is 1. The summed E-state index contributed by atoms with van der Waals surface area (Å²) in [6.45, 7) is 4.94. The molecule has 2 rings (SSSR count). The Morgan fingerprint density at radius 1 is 1.26 bits per heavy atom. The van der Waals surface area contributed by atoms with Crippen LogP contribution in [0.3, 0.4) is 0 Å². The third kappa shape index (κ3) is 5.72. The number of carbonyl (C=O) groups excluding carboxylic acids is 1. The molecule has 1 aliphatic heterocycles. The van der Waals surface area contributed by atoms with Crippen molar-refractivity contribution in [1.82, 2.24) is 9.62 Å². The Balaban J connectivity index is 1.85. The molecule has 1 saturated heterocycles.